The molecule has 1 N–H and O–H groups in total. The van der Waals surface area contributed by atoms with E-state index >= 15 is 0 Å². The second kappa shape index (κ2) is 9.80. The van der Waals surface area contributed by atoms with Crippen molar-refractivity contribution in [2.24, 2.45) is 5.92 Å². The number of hydrogen-bond donors (Lipinski definition) is 1. The summed E-state index contributed by atoms with van der Waals surface area (Å²) < 4.78 is 46.4. The van der Waals surface area contributed by atoms with Gasteiger partial charge in [0, 0.05) is 35.3 Å². The first-order valence-corrected chi connectivity index (χ1v) is 12.9. The summed E-state index contributed by atoms with van der Waals surface area (Å²) in [5.41, 5.74) is 0.645. The van der Waals surface area contributed by atoms with Crippen LogP contribution in [0.2, 0.25) is 0 Å². The summed E-state index contributed by atoms with van der Waals surface area (Å²) in [5.74, 6) is -1.16. The van der Waals surface area contributed by atoms with Crippen LogP contribution in [0.5, 0.6) is 0 Å². The first kappa shape index (κ1) is 23.7. The van der Waals surface area contributed by atoms with Crippen LogP contribution < -0.4 is 10.2 Å². The van der Waals surface area contributed by atoms with E-state index in [4.69, 9.17) is 4.74 Å². The molecule has 2 amide bonds. The summed E-state index contributed by atoms with van der Waals surface area (Å²) in [5, 5.41) is 2.59. The van der Waals surface area contributed by atoms with Gasteiger partial charge in [-0.2, -0.15) is 4.31 Å². The van der Waals surface area contributed by atoms with Crippen LogP contribution in [0.15, 0.2) is 52.3 Å². The number of morpholine rings is 1. The third-order valence-electron chi connectivity index (χ3n) is 5.42. The van der Waals surface area contributed by atoms with Gasteiger partial charge in [-0.05, 0) is 36.4 Å². The van der Waals surface area contributed by atoms with Crippen molar-refractivity contribution in [1.82, 2.24) is 4.31 Å². The third kappa shape index (κ3) is 5.21. The number of fused-ring (bicyclic) bond motifs is 1. The number of ether oxygens (including phenoxy) is 1. The quantitative estimate of drug-likeness (QED) is 0.688. The summed E-state index contributed by atoms with van der Waals surface area (Å²) in [7, 11) is -3.78. The van der Waals surface area contributed by atoms with E-state index < -0.39 is 21.7 Å². The first-order chi connectivity index (χ1) is 15.8. The number of nitrogens with zero attached hydrogens (tertiary/aromatic N) is 2. The Bertz CT molecular complexity index is 1170. The fourth-order valence-corrected chi connectivity index (χ4v) is 6.15. The molecule has 1 saturated heterocycles. The fourth-order valence-electron chi connectivity index (χ4n) is 3.67. The van der Waals surface area contributed by atoms with Crippen molar-refractivity contribution in [1.29, 1.82) is 0 Å². The number of anilines is 2. The second-order valence-electron chi connectivity index (χ2n) is 7.84. The van der Waals surface area contributed by atoms with Gasteiger partial charge in [-0.1, -0.05) is 13.0 Å². The molecule has 2 aliphatic rings. The third-order valence-corrected chi connectivity index (χ3v) is 8.63. The van der Waals surface area contributed by atoms with Gasteiger partial charge in [0.05, 0.1) is 23.8 Å². The molecule has 0 bridgehead atoms. The Balaban J connectivity index is 1.65. The molecule has 8 nitrogen and oxygen atoms in total. The van der Waals surface area contributed by atoms with Crippen LogP contribution >= 0.6 is 11.8 Å². The largest absolute Gasteiger partial charge is 0.379 e. The molecule has 2 aliphatic heterocycles. The van der Waals surface area contributed by atoms with Gasteiger partial charge in [0.1, 0.15) is 12.4 Å². The molecular weight excluding hydrogens is 469 g/mol. The smallest absolute Gasteiger partial charge is 0.244 e. The number of hydrogen-bond acceptors (Lipinski definition) is 6. The predicted molar refractivity (Wildman–Crippen MR) is 123 cm³/mol. The van der Waals surface area contributed by atoms with E-state index in [9.17, 15) is 22.4 Å². The van der Waals surface area contributed by atoms with Gasteiger partial charge in [0.15, 0.2) is 0 Å². The maximum absolute atomic E-state index is 13.5. The van der Waals surface area contributed by atoms with E-state index in [0.717, 1.165) is 0 Å². The number of sulfonamides is 1. The number of carbonyl (C=O) groups excluding carboxylic acids is 2. The number of thioether (sulfide) groups is 1. The van der Waals surface area contributed by atoms with Gasteiger partial charge in [-0.15, -0.1) is 11.8 Å². The van der Waals surface area contributed by atoms with Crippen LogP contribution in [0.1, 0.15) is 6.92 Å². The predicted octanol–water partition coefficient (Wildman–Crippen LogP) is 2.56. The normalized spacial score (nSPS) is 19.6. The van der Waals surface area contributed by atoms with Crippen LogP contribution in [0.3, 0.4) is 0 Å². The minimum Gasteiger partial charge on any atom is -0.379 e. The van der Waals surface area contributed by atoms with Crippen LogP contribution in [-0.2, 0) is 24.3 Å². The average Bonchev–Trinajstić information content (AvgIpc) is 2.91. The van der Waals surface area contributed by atoms with Crippen molar-refractivity contribution in [3.8, 4) is 0 Å². The average molecular weight is 494 g/mol. The number of halogens is 1. The number of nitrogens with one attached hydrogen (secondary N) is 1. The Kier molecular flexibility index (Phi) is 7.03. The number of carbonyl (C=O) groups is 2. The van der Waals surface area contributed by atoms with Crippen molar-refractivity contribution in [3.05, 3.63) is 48.3 Å². The van der Waals surface area contributed by atoms with Gasteiger partial charge < -0.3 is 15.0 Å². The standard InChI is InChI=1S/C22H24FN3O5S2/c1-15-14-32-20-6-5-18(33(29,30)25-7-9-31-10-8-25)12-19(20)26(22(15)28)13-21(27)24-17-4-2-3-16(23)11-17/h2-6,11-12,15H,7-10,13-14H2,1H3,(H,24,27). The monoisotopic (exact) mass is 493 g/mol. The summed E-state index contributed by atoms with van der Waals surface area (Å²) in [6.07, 6.45) is 0. The van der Waals surface area contributed by atoms with Gasteiger partial charge in [-0.3, -0.25) is 9.59 Å². The minimum absolute atomic E-state index is 0.0571. The molecule has 1 unspecified atom stereocenters. The highest BCUT2D eigenvalue weighted by atomic mass is 32.2. The Morgan fingerprint density at radius 1 is 1.21 bits per heavy atom. The lowest BCUT2D eigenvalue weighted by molar-refractivity contribution is -0.123. The summed E-state index contributed by atoms with van der Waals surface area (Å²) >= 11 is 1.44. The van der Waals surface area contributed by atoms with Crippen LogP contribution in [0, 0.1) is 11.7 Å². The molecule has 4 rings (SSSR count). The molecule has 1 atom stereocenters. The molecule has 33 heavy (non-hydrogen) atoms. The van der Waals surface area contributed by atoms with Crippen molar-refractivity contribution in [2.45, 2.75) is 16.7 Å². The Morgan fingerprint density at radius 3 is 2.70 bits per heavy atom. The molecule has 2 heterocycles. The number of amides is 2. The molecule has 0 aliphatic carbocycles. The van der Waals surface area contributed by atoms with Crippen molar-refractivity contribution < 1.29 is 27.1 Å². The number of benzene rings is 2. The zero-order chi connectivity index (χ0) is 23.6. The SMILES string of the molecule is CC1CSc2ccc(S(=O)(=O)N3CCOCC3)cc2N(CC(=O)Nc2cccc(F)c2)C1=O. The van der Waals surface area contributed by atoms with Gasteiger partial charge >= 0.3 is 0 Å². The molecule has 11 heteroatoms. The molecule has 1 fully saturated rings. The van der Waals surface area contributed by atoms with E-state index in [1.165, 1.54) is 51.3 Å². The summed E-state index contributed by atoms with van der Waals surface area (Å²) in [6.45, 7) is 2.59. The number of rotatable bonds is 5. The minimum atomic E-state index is -3.78. The van der Waals surface area contributed by atoms with Crippen LogP contribution in [-0.4, -0.2) is 63.1 Å². The van der Waals surface area contributed by atoms with E-state index in [-0.39, 0.29) is 42.0 Å². The Morgan fingerprint density at radius 2 is 1.97 bits per heavy atom. The molecule has 2 aromatic rings. The van der Waals surface area contributed by atoms with E-state index in [2.05, 4.69) is 5.32 Å². The maximum atomic E-state index is 13.5. The fraction of sp³-hybridized carbons (Fsp3) is 0.364. The highest BCUT2D eigenvalue weighted by Gasteiger charge is 2.32. The van der Waals surface area contributed by atoms with Crippen molar-refractivity contribution in [2.75, 3.05) is 48.8 Å². The van der Waals surface area contributed by atoms with Crippen LogP contribution in [0.4, 0.5) is 15.8 Å². The lowest BCUT2D eigenvalue weighted by Gasteiger charge is -2.27. The zero-order valence-electron chi connectivity index (χ0n) is 18.0. The van der Waals surface area contributed by atoms with E-state index in [0.29, 0.717) is 29.5 Å². The van der Waals surface area contributed by atoms with Gasteiger partial charge in [-0.25, -0.2) is 12.8 Å². The highest BCUT2D eigenvalue weighted by molar-refractivity contribution is 7.99. The molecule has 0 radical (unpaired) electrons. The lowest BCUT2D eigenvalue weighted by atomic mass is 10.1. The van der Waals surface area contributed by atoms with Gasteiger partial charge in [0.25, 0.3) is 0 Å². The molecule has 0 aromatic heterocycles. The summed E-state index contributed by atoms with van der Waals surface area (Å²) in [4.78, 5) is 27.9. The van der Waals surface area contributed by atoms with Crippen LogP contribution in [0.25, 0.3) is 0 Å². The lowest BCUT2D eigenvalue weighted by Crippen LogP contribution is -2.42. The topological polar surface area (TPSA) is 96.0 Å². The highest BCUT2D eigenvalue weighted by Crippen LogP contribution is 2.38. The maximum Gasteiger partial charge on any atom is 0.244 e. The molecular formula is C22H24FN3O5S2. The van der Waals surface area contributed by atoms with E-state index in [1.54, 1.807) is 19.1 Å². The van der Waals surface area contributed by atoms with Crippen molar-refractivity contribution in [3.63, 3.8) is 0 Å². The molecule has 0 spiro atoms. The Hall–Kier alpha value is -2.47. The first-order valence-electron chi connectivity index (χ1n) is 10.5. The molecule has 2 aromatic carbocycles. The summed E-state index contributed by atoms with van der Waals surface area (Å²) in [6, 6.07) is 10.1. The van der Waals surface area contributed by atoms with E-state index in [1.807, 2.05) is 0 Å². The molecule has 0 saturated carbocycles. The van der Waals surface area contributed by atoms with Gasteiger partial charge in [0.2, 0.25) is 21.8 Å². The Labute approximate surface area is 196 Å². The molecule has 176 valence electrons. The second-order valence-corrected chi connectivity index (χ2v) is 10.8. The zero-order valence-corrected chi connectivity index (χ0v) is 19.6. The van der Waals surface area contributed by atoms with Crippen molar-refractivity contribution >= 4 is 45.0 Å².